The number of benzene rings is 1. The quantitative estimate of drug-likeness (QED) is 0.589. The first kappa shape index (κ1) is 15.7. The Morgan fingerprint density at radius 3 is 2.91 bits per heavy atom. The van der Waals surface area contributed by atoms with E-state index in [0.717, 1.165) is 3.81 Å². The second kappa shape index (κ2) is 6.16. The summed E-state index contributed by atoms with van der Waals surface area (Å²) in [6.07, 6.45) is 1.95. The average Bonchev–Trinajstić information content (AvgIpc) is 2.96. The number of fused-ring (bicyclic) bond motifs is 1. The van der Waals surface area contributed by atoms with Crippen LogP contribution in [0, 0.1) is 17.7 Å². The minimum Gasteiger partial charge on any atom is -0.465 e. The molecular formula is C16H14BrFO3S. The third-order valence-electron chi connectivity index (χ3n) is 4.05. The smallest absolute Gasteiger partial charge is 0.317 e. The number of hydrogen-bond donors (Lipinski definition) is 0. The maximum absolute atomic E-state index is 13.6. The highest BCUT2D eigenvalue weighted by Crippen LogP contribution is 2.55. The summed E-state index contributed by atoms with van der Waals surface area (Å²) in [6, 6.07) is 6.12. The molecule has 0 bridgehead atoms. The predicted octanol–water partition coefficient (Wildman–Crippen LogP) is 3.64. The molecule has 1 heterocycles. The van der Waals surface area contributed by atoms with E-state index in [4.69, 9.17) is 4.74 Å². The van der Waals surface area contributed by atoms with Crippen LogP contribution in [0.1, 0.15) is 18.4 Å². The van der Waals surface area contributed by atoms with Crippen LogP contribution in [0.5, 0.6) is 0 Å². The largest absolute Gasteiger partial charge is 0.465 e. The van der Waals surface area contributed by atoms with Gasteiger partial charge in [-0.25, -0.2) is 4.39 Å². The zero-order valence-corrected chi connectivity index (χ0v) is 14.2. The second-order valence-corrected chi connectivity index (χ2v) is 7.86. The molecule has 3 nitrogen and oxygen atoms in total. The summed E-state index contributed by atoms with van der Waals surface area (Å²) in [5, 5.41) is -0.308. The van der Waals surface area contributed by atoms with Crippen molar-refractivity contribution in [1.29, 1.82) is 0 Å². The van der Waals surface area contributed by atoms with Gasteiger partial charge < -0.3 is 4.74 Å². The van der Waals surface area contributed by atoms with E-state index in [-0.39, 0.29) is 35.3 Å². The number of allylic oxidation sites excluding steroid dienone is 1. The molecule has 0 amide bonds. The normalized spacial score (nSPS) is 30.1. The van der Waals surface area contributed by atoms with E-state index in [1.54, 1.807) is 19.1 Å². The fourth-order valence-electron chi connectivity index (χ4n) is 3.22. The van der Waals surface area contributed by atoms with Gasteiger partial charge in [-0.2, -0.15) is 0 Å². The van der Waals surface area contributed by atoms with Crippen LogP contribution < -0.4 is 0 Å². The molecule has 1 aliphatic carbocycles. The van der Waals surface area contributed by atoms with Crippen molar-refractivity contribution in [3.8, 4) is 0 Å². The molecular weight excluding hydrogens is 371 g/mol. The van der Waals surface area contributed by atoms with Crippen molar-refractivity contribution in [2.24, 2.45) is 11.8 Å². The van der Waals surface area contributed by atoms with Gasteiger partial charge in [0.2, 0.25) is 0 Å². The van der Waals surface area contributed by atoms with Gasteiger partial charge in [0.25, 0.3) is 0 Å². The van der Waals surface area contributed by atoms with E-state index in [1.165, 1.54) is 23.9 Å². The van der Waals surface area contributed by atoms with Crippen molar-refractivity contribution < 1.29 is 18.7 Å². The molecule has 1 aromatic rings. The number of Topliss-reactive ketones (excluding diaryl/α,β-unsaturated/α-hetero) is 1. The molecule has 0 radical (unpaired) electrons. The van der Waals surface area contributed by atoms with Gasteiger partial charge in [-0.15, -0.1) is 11.8 Å². The lowest BCUT2D eigenvalue weighted by atomic mass is 9.83. The number of carbonyl (C=O) groups is 2. The van der Waals surface area contributed by atoms with E-state index in [2.05, 4.69) is 15.9 Å². The summed E-state index contributed by atoms with van der Waals surface area (Å²) in [6.45, 7) is 1.93. The summed E-state index contributed by atoms with van der Waals surface area (Å²) < 4.78 is 19.5. The fourth-order valence-corrected chi connectivity index (χ4v) is 5.27. The minimum atomic E-state index is -0.860. The van der Waals surface area contributed by atoms with Crippen molar-refractivity contribution in [2.45, 2.75) is 18.1 Å². The van der Waals surface area contributed by atoms with Crippen LogP contribution in [0.25, 0.3) is 0 Å². The van der Waals surface area contributed by atoms with E-state index in [9.17, 15) is 14.0 Å². The van der Waals surface area contributed by atoms with Crippen molar-refractivity contribution in [1.82, 2.24) is 0 Å². The van der Waals surface area contributed by atoms with E-state index in [1.807, 2.05) is 6.08 Å². The van der Waals surface area contributed by atoms with Gasteiger partial charge in [0.1, 0.15) is 11.7 Å². The van der Waals surface area contributed by atoms with E-state index >= 15 is 0 Å². The molecule has 0 saturated heterocycles. The molecule has 0 N–H and O–H groups in total. The minimum absolute atomic E-state index is 0.122. The summed E-state index contributed by atoms with van der Waals surface area (Å²) in [5.41, 5.74) is 0.665. The highest BCUT2D eigenvalue weighted by Gasteiger charge is 2.55. The Labute approximate surface area is 140 Å². The summed E-state index contributed by atoms with van der Waals surface area (Å²) >= 11 is 4.82. The zero-order chi connectivity index (χ0) is 15.9. The molecule has 1 saturated carbocycles. The van der Waals surface area contributed by atoms with Gasteiger partial charge >= 0.3 is 5.97 Å². The Bertz CT molecular complexity index is 661. The highest BCUT2D eigenvalue weighted by molar-refractivity contribution is 9.14. The monoisotopic (exact) mass is 384 g/mol. The molecule has 1 aliphatic heterocycles. The maximum atomic E-state index is 13.6. The molecule has 0 aromatic heterocycles. The molecule has 116 valence electrons. The molecule has 0 spiro atoms. The predicted molar refractivity (Wildman–Crippen MR) is 86.2 cm³/mol. The third-order valence-corrected chi connectivity index (χ3v) is 6.03. The Hall–Kier alpha value is -1.14. The summed E-state index contributed by atoms with van der Waals surface area (Å²) in [4.78, 5) is 24.9. The molecule has 3 rings (SSSR count). The number of thioether (sulfide) groups is 1. The van der Waals surface area contributed by atoms with Crippen LogP contribution in [0.2, 0.25) is 0 Å². The van der Waals surface area contributed by atoms with Gasteiger partial charge in [0.15, 0.2) is 5.78 Å². The SMILES string of the molecule is CCOC(=O)C1C(=O)C2SC(Br)=CC2C1c1cccc(F)c1. The van der Waals surface area contributed by atoms with Crippen LogP contribution in [-0.2, 0) is 14.3 Å². The number of rotatable bonds is 3. The van der Waals surface area contributed by atoms with E-state index in [0.29, 0.717) is 5.56 Å². The van der Waals surface area contributed by atoms with Crippen molar-refractivity contribution >= 4 is 39.4 Å². The molecule has 2 aliphatic rings. The Morgan fingerprint density at radius 2 is 2.23 bits per heavy atom. The lowest BCUT2D eigenvalue weighted by Gasteiger charge is -2.21. The van der Waals surface area contributed by atoms with Gasteiger partial charge in [-0.3, -0.25) is 9.59 Å². The van der Waals surface area contributed by atoms with Gasteiger partial charge in [0, 0.05) is 15.7 Å². The number of halogens is 2. The molecule has 1 fully saturated rings. The van der Waals surface area contributed by atoms with Crippen LogP contribution >= 0.6 is 27.7 Å². The Kier molecular flexibility index (Phi) is 4.41. The number of ether oxygens (including phenoxy) is 1. The number of esters is 1. The molecule has 1 aromatic carbocycles. The lowest BCUT2D eigenvalue weighted by molar-refractivity contribution is -0.151. The van der Waals surface area contributed by atoms with Crippen LogP contribution in [0.15, 0.2) is 34.2 Å². The number of carbonyl (C=O) groups excluding carboxylic acids is 2. The maximum Gasteiger partial charge on any atom is 0.317 e. The zero-order valence-electron chi connectivity index (χ0n) is 11.8. The standard InChI is InChI=1S/C16H14BrFO3S/c1-2-21-16(20)13-12(8-4-3-5-9(18)6-8)10-7-11(17)22-15(10)14(13)19/h3-7,10,12-13,15H,2H2,1H3. The average molecular weight is 385 g/mol. The first-order chi connectivity index (χ1) is 10.5. The van der Waals surface area contributed by atoms with Crippen LogP contribution in [0.3, 0.4) is 0 Å². The highest BCUT2D eigenvalue weighted by atomic mass is 79.9. The van der Waals surface area contributed by atoms with Crippen LogP contribution in [0.4, 0.5) is 4.39 Å². The molecule has 4 unspecified atom stereocenters. The molecule has 4 atom stereocenters. The van der Waals surface area contributed by atoms with Crippen molar-refractivity contribution in [3.63, 3.8) is 0 Å². The van der Waals surface area contributed by atoms with Crippen molar-refractivity contribution in [2.75, 3.05) is 6.61 Å². The lowest BCUT2D eigenvalue weighted by Crippen LogP contribution is -2.28. The first-order valence-electron chi connectivity index (χ1n) is 7.02. The summed E-state index contributed by atoms with van der Waals surface area (Å²) in [7, 11) is 0. The third kappa shape index (κ3) is 2.63. The van der Waals surface area contributed by atoms with E-state index < -0.39 is 11.9 Å². The number of ketones is 1. The second-order valence-electron chi connectivity index (χ2n) is 5.30. The van der Waals surface area contributed by atoms with Gasteiger partial charge in [0.05, 0.1) is 11.9 Å². The Balaban J connectivity index is 2.04. The van der Waals surface area contributed by atoms with Gasteiger partial charge in [-0.1, -0.05) is 18.2 Å². The molecule has 22 heavy (non-hydrogen) atoms. The fraction of sp³-hybridized carbons (Fsp3) is 0.375. The summed E-state index contributed by atoms with van der Waals surface area (Å²) in [5.74, 6) is -2.38. The van der Waals surface area contributed by atoms with Crippen molar-refractivity contribution in [3.05, 3.63) is 45.5 Å². The molecule has 6 heteroatoms. The Morgan fingerprint density at radius 1 is 1.45 bits per heavy atom. The first-order valence-corrected chi connectivity index (χ1v) is 8.70. The number of hydrogen-bond acceptors (Lipinski definition) is 4. The topological polar surface area (TPSA) is 43.4 Å². The van der Waals surface area contributed by atoms with Crippen LogP contribution in [-0.4, -0.2) is 23.6 Å². The van der Waals surface area contributed by atoms with Gasteiger partial charge in [-0.05, 0) is 40.5 Å².